The first kappa shape index (κ1) is 17.7. The molecule has 0 bridgehead atoms. The summed E-state index contributed by atoms with van der Waals surface area (Å²) < 4.78 is 0. The Morgan fingerprint density at radius 3 is 2.27 bits per heavy atom. The summed E-state index contributed by atoms with van der Waals surface area (Å²) in [5, 5.41) is 14.1. The van der Waals surface area contributed by atoms with Crippen molar-refractivity contribution in [2.45, 2.75) is 26.7 Å². The average molecular weight is 306 g/mol. The zero-order valence-corrected chi connectivity index (χ0v) is 12.9. The molecule has 6 heteroatoms. The summed E-state index contributed by atoms with van der Waals surface area (Å²) >= 11 is 0. The number of carbonyl (C=O) groups excluding carboxylic acids is 2. The minimum absolute atomic E-state index is 0.112. The first-order valence-electron chi connectivity index (χ1n) is 7.12. The fourth-order valence-electron chi connectivity index (χ4n) is 1.71. The van der Waals surface area contributed by atoms with E-state index in [1.807, 2.05) is 30.3 Å². The normalized spacial score (nSPS) is 10.8. The van der Waals surface area contributed by atoms with Crippen LogP contribution in [0, 0.1) is 5.41 Å². The van der Waals surface area contributed by atoms with Crippen molar-refractivity contribution in [3.63, 3.8) is 0 Å². The van der Waals surface area contributed by atoms with Gasteiger partial charge < -0.3 is 15.7 Å². The maximum absolute atomic E-state index is 11.7. The van der Waals surface area contributed by atoms with E-state index in [0.29, 0.717) is 6.42 Å². The number of carboxylic acid groups (broad SMARTS) is 1. The molecule has 0 saturated carbocycles. The monoisotopic (exact) mass is 306 g/mol. The van der Waals surface area contributed by atoms with Gasteiger partial charge in [-0.15, -0.1) is 0 Å². The van der Waals surface area contributed by atoms with Crippen LogP contribution < -0.4 is 10.6 Å². The van der Waals surface area contributed by atoms with Gasteiger partial charge in [0.2, 0.25) is 11.8 Å². The number of aliphatic carboxylic acids is 1. The van der Waals surface area contributed by atoms with Gasteiger partial charge in [-0.3, -0.25) is 14.4 Å². The second kappa shape index (κ2) is 8.17. The lowest BCUT2D eigenvalue weighted by molar-refractivity contribution is -0.147. The molecule has 1 rings (SSSR count). The number of nitrogens with one attached hydrogen (secondary N) is 2. The largest absolute Gasteiger partial charge is 0.481 e. The SMILES string of the molecule is CC(C)(CCNC(=O)CNC(=O)Cc1ccccc1)C(=O)O. The van der Waals surface area contributed by atoms with Gasteiger partial charge >= 0.3 is 5.97 Å². The van der Waals surface area contributed by atoms with Crippen LogP contribution in [0.15, 0.2) is 30.3 Å². The summed E-state index contributed by atoms with van der Waals surface area (Å²) in [6.07, 6.45) is 0.548. The van der Waals surface area contributed by atoms with Crippen molar-refractivity contribution < 1.29 is 19.5 Å². The topological polar surface area (TPSA) is 95.5 Å². The second-order valence-electron chi connectivity index (χ2n) is 5.73. The van der Waals surface area contributed by atoms with Crippen LogP contribution in [0.5, 0.6) is 0 Å². The Hall–Kier alpha value is -2.37. The molecule has 6 nitrogen and oxygen atoms in total. The quantitative estimate of drug-likeness (QED) is 0.666. The molecule has 0 saturated heterocycles. The average Bonchev–Trinajstić information content (AvgIpc) is 2.46. The molecule has 0 aromatic heterocycles. The van der Waals surface area contributed by atoms with Crippen LogP contribution in [0.1, 0.15) is 25.8 Å². The Kier molecular flexibility index (Phi) is 6.56. The van der Waals surface area contributed by atoms with Crippen molar-refractivity contribution >= 4 is 17.8 Å². The van der Waals surface area contributed by atoms with E-state index in [2.05, 4.69) is 10.6 Å². The molecule has 1 aromatic carbocycles. The second-order valence-corrected chi connectivity index (χ2v) is 5.73. The standard InChI is InChI=1S/C16H22N2O4/c1-16(2,15(21)22)8-9-17-14(20)11-18-13(19)10-12-6-4-3-5-7-12/h3-7H,8-11H2,1-2H3,(H,17,20)(H,18,19)(H,21,22). The molecule has 0 aliphatic carbocycles. The van der Waals surface area contributed by atoms with Crippen LogP contribution in [0.3, 0.4) is 0 Å². The number of amides is 2. The molecule has 0 aliphatic rings. The lowest BCUT2D eigenvalue weighted by atomic mass is 9.90. The summed E-state index contributed by atoms with van der Waals surface area (Å²) in [5.41, 5.74) is -0.00673. The molecule has 1 aromatic rings. The fourth-order valence-corrected chi connectivity index (χ4v) is 1.71. The van der Waals surface area contributed by atoms with E-state index in [9.17, 15) is 14.4 Å². The Balaban J connectivity index is 2.23. The highest BCUT2D eigenvalue weighted by molar-refractivity contribution is 5.85. The third kappa shape index (κ3) is 6.39. The third-order valence-corrected chi connectivity index (χ3v) is 3.30. The summed E-state index contributed by atoms with van der Waals surface area (Å²) in [7, 11) is 0. The number of hydrogen-bond donors (Lipinski definition) is 3. The van der Waals surface area contributed by atoms with Crippen molar-refractivity contribution in [2.24, 2.45) is 5.41 Å². The van der Waals surface area contributed by atoms with E-state index < -0.39 is 11.4 Å². The van der Waals surface area contributed by atoms with Crippen molar-refractivity contribution in [3.8, 4) is 0 Å². The number of hydrogen-bond acceptors (Lipinski definition) is 3. The molecule has 2 amide bonds. The van der Waals surface area contributed by atoms with E-state index in [-0.39, 0.29) is 31.3 Å². The minimum Gasteiger partial charge on any atom is -0.481 e. The van der Waals surface area contributed by atoms with Crippen LogP contribution in [0.2, 0.25) is 0 Å². The van der Waals surface area contributed by atoms with Crippen molar-refractivity contribution in [3.05, 3.63) is 35.9 Å². The third-order valence-electron chi connectivity index (χ3n) is 3.30. The summed E-state index contributed by atoms with van der Waals surface area (Å²) in [5.74, 6) is -1.47. The maximum atomic E-state index is 11.7. The molecule has 0 fully saturated rings. The zero-order chi connectivity index (χ0) is 16.6. The Labute approximate surface area is 129 Å². The maximum Gasteiger partial charge on any atom is 0.309 e. The van der Waals surface area contributed by atoms with E-state index in [4.69, 9.17) is 5.11 Å². The number of rotatable bonds is 8. The first-order valence-corrected chi connectivity index (χ1v) is 7.12. The molecule has 0 spiro atoms. The van der Waals surface area contributed by atoms with Crippen molar-refractivity contribution in [1.29, 1.82) is 0 Å². The molecule has 22 heavy (non-hydrogen) atoms. The first-order chi connectivity index (χ1) is 10.3. The fraction of sp³-hybridized carbons (Fsp3) is 0.438. The lowest BCUT2D eigenvalue weighted by Gasteiger charge is -2.18. The van der Waals surface area contributed by atoms with E-state index in [1.165, 1.54) is 0 Å². The molecular formula is C16H22N2O4. The zero-order valence-electron chi connectivity index (χ0n) is 12.9. The Morgan fingerprint density at radius 2 is 1.68 bits per heavy atom. The molecule has 3 N–H and O–H groups in total. The number of carboxylic acids is 1. The van der Waals surface area contributed by atoms with E-state index in [0.717, 1.165) is 5.56 Å². The van der Waals surface area contributed by atoms with E-state index in [1.54, 1.807) is 13.8 Å². The van der Waals surface area contributed by atoms with Gasteiger partial charge in [-0.1, -0.05) is 30.3 Å². The highest BCUT2D eigenvalue weighted by atomic mass is 16.4. The van der Waals surface area contributed by atoms with Gasteiger partial charge in [-0.05, 0) is 25.8 Å². The Bertz CT molecular complexity index is 526. The molecular weight excluding hydrogens is 284 g/mol. The summed E-state index contributed by atoms with van der Waals surface area (Å²) in [4.78, 5) is 34.2. The van der Waals surface area contributed by atoms with Crippen LogP contribution in [0.4, 0.5) is 0 Å². The Morgan fingerprint density at radius 1 is 1.05 bits per heavy atom. The van der Waals surface area contributed by atoms with Crippen LogP contribution in [0.25, 0.3) is 0 Å². The molecule has 0 unspecified atom stereocenters. The van der Waals surface area contributed by atoms with Gasteiger partial charge in [0.25, 0.3) is 0 Å². The predicted molar refractivity (Wildman–Crippen MR) is 82.2 cm³/mol. The molecule has 0 heterocycles. The lowest BCUT2D eigenvalue weighted by Crippen LogP contribution is -2.39. The molecule has 0 radical (unpaired) electrons. The van der Waals surface area contributed by atoms with Crippen LogP contribution in [-0.2, 0) is 20.8 Å². The van der Waals surface area contributed by atoms with Crippen LogP contribution in [-0.4, -0.2) is 36.0 Å². The van der Waals surface area contributed by atoms with Crippen molar-refractivity contribution in [2.75, 3.05) is 13.1 Å². The van der Waals surface area contributed by atoms with Gasteiger partial charge in [0.15, 0.2) is 0 Å². The molecule has 0 aliphatic heterocycles. The number of carbonyl (C=O) groups is 3. The van der Waals surface area contributed by atoms with Crippen LogP contribution >= 0.6 is 0 Å². The number of benzene rings is 1. The van der Waals surface area contributed by atoms with Gasteiger partial charge in [0.1, 0.15) is 0 Å². The highest BCUT2D eigenvalue weighted by Gasteiger charge is 2.26. The molecule has 0 atom stereocenters. The van der Waals surface area contributed by atoms with Gasteiger partial charge in [-0.2, -0.15) is 0 Å². The highest BCUT2D eigenvalue weighted by Crippen LogP contribution is 2.19. The van der Waals surface area contributed by atoms with Gasteiger partial charge in [0.05, 0.1) is 18.4 Å². The van der Waals surface area contributed by atoms with Gasteiger partial charge in [-0.25, -0.2) is 0 Å². The summed E-state index contributed by atoms with van der Waals surface area (Å²) in [6, 6.07) is 9.24. The van der Waals surface area contributed by atoms with Gasteiger partial charge in [0, 0.05) is 6.54 Å². The van der Waals surface area contributed by atoms with E-state index >= 15 is 0 Å². The smallest absolute Gasteiger partial charge is 0.309 e. The minimum atomic E-state index is -0.905. The van der Waals surface area contributed by atoms with Crippen molar-refractivity contribution in [1.82, 2.24) is 10.6 Å². The summed E-state index contributed by atoms with van der Waals surface area (Å²) in [6.45, 7) is 3.35. The predicted octanol–water partition coefficient (Wildman–Crippen LogP) is 0.962. The molecule has 120 valence electrons.